The van der Waals surface area contributed by atoms with Crippen LogP contribution in [-0.2, 0) is 0 Å². The van der Waals surface area contributed by atoms with Crippen molar-refractivity contribution in [3.8, 4) is 12.3 Å². The van der Waals surface area contributed by atoms with E-state index in [-0.39, 0.29) is 0 Å². The standard InChI is InChI=1S/C14H25N/c1-5-6-13-9-12(11(2)3)7-8-14(13)10-15-4/h1,11-15H,6-10H2,2-4H3. The van der Waals surface area contributed by atoms with Crippen LogP contribution in [0.25, 0.3) is 0 Å². The van der Waals surface area contributed by atoms with Crippen LogP contribution in [-0.4, -0.2) is 13.6 Å². The minimum Gasteiger partial charge on any atom is -0.319 e. The van der Waals surface area contributed by atoms with E-state index in [9.17, 15) is 0 Å². The van der Waals surface area contributed by atoms with Gasteiger partial charge in [0.1, 0.15) is 0 Å². The highest BCUT2D eigenvalue weighted by Gasteiger charge is 2.30. The van der Waals surface area contributed by atoms with E-state index in [1.165, 1.54) is 19.3 Å². The third kappa shape index (κ3) is 3.54. The first kappa shape index (κ1) is 12.6. The Morgan fingerprint density at radius 1 is 1.33 bits per heavy atom. The molecule has 0 aromatic carbocycles. The maximum absolute atomic E-state index is 5.47. The lowest BCUT2D eigenvalue weighted by molar-refractivity contribution is 0.149. The molecule has 1 rings (SSSR count). The molecule has 1 aliphatic carbocycles. The van der Waals surface area contributed by atoms with E-state index < -0.39 is 0 Å². The van der Waals surface area contributed by atoms with Gasteiger partial charge in [-0.05, 0) is 56.5 Å². The van der Waals surface area contributed by atoms with Gasteiger partial charge in [-0.2, -0.15) is 0 Å². The van der Waals surface area contributed by atoms with Crippen molar-refractivity contribution in [1.82, 2.24) is 5.32 Å². The molecule has 0 amide bonds. The highest BCUT2D eigenvalue weighted by Crippen LogP contribution is 2.38. The highest BCUT2D eigenvalue weighted by atomic mass is 14.8. The maximum atomic E-state index is 5.47. The molecular weight excluding hydrogens is 182 g/mol. The van der Waals surface area contributed by atoms with Gasteiger partial charge in [0, 0.05) is 6.42 Å². The number of terminal acetylenes is 1. The zero-order valence-electron chi connectivity index (χ0n) is 10.4. The van der Waals surface area contributed by atoms with E-state index in [2.05, 4.69) is 25.1 Å². The Kier molecular flexibility index (Phi) is 5.19. The summed E-state index contributed by atoms with van der Waals surface area (Å²) in [6.45, 7) is 5.82. The molecule has 3 unspecified atom stereocenters. The summed E-state index contributed by atoms with van der Waals surface area (Å²) in [4.78, 5) is 0. The number of rotatable bonds is 4. The molecule has 0 radical (unpaired) electrons. The zero-order chi connectivity index (χ0) is 11.3. The topological polar surface area (TPSA) is 12.0 Å². The average Bonchev–Trinajstić information content (AvgIpc) is 2.21. The van der Waals surface area contributed by atoms with Crippen molar-refractivity contribution >= 4 is 0 Å². The van der Waals surface area contributed by atoms with Gasteiger partial charge in [0.05, 0.1) is 0 Å². The monoisotopic (exact) mass is 207 g/mol. The fraction of sp³-hybridized carbons (Fsp3) is 0.857. The van der Waals surface area contributed by atoms with E-state index in [1.54, 1.807) is 0 Å². The van der Waals surface area contributed by atoms with Gasteiger partial charge in [-0.1, -0.05) is 13.8 Å². The van der Waals surface area contributed by atoms with Gasteiger partial charge in [0.15, 0.2) is 0 Å². The molecule has 0 aliphatic heterocycles. The molecule has 0 saturated heterocycles. The second-order valence-corrected chi connectivity index (χ2v) is 5.30. The van der Waals surface area contributed by atoms with Crippen LogP contribution in [0.15, 0.2) is 0 Å². The lowest BCUT2D eigenvalue weighted by Crippen LogP contribution is -2.33. The molecule has 1 N–H and O–H groups in total. The Hall–Kier alpha value is -0.480. The molecule has 0 heterocycles. The Morgan fingerprint density at radius 3 is 2.60 bits per heavy atom. The van der Waals surface area contributed by atoms with Crippen molar-refractivity contribution < 1.29 is 0 Å². The van der Waals surface area contributed by atoms with Crippen LogP contribution in [0.2, 0.25) is 0 Å². The second kappa shape index (κ2) is 6.18. The molecule has 0 spiro atoms. The molecule has 1 aliphatic rings. The molecule has 15 heavy (non-hydrogen) atoms. The predicted molar refractivity (Wildman–Crippen MR) is 66.5 cm³/mol. The third-order valence-electron chi connectivity index (χ3n) is 3.97. The summed E-state index contributed by atoms with van der Waals surface area (Å²) in [6.07, 6.45) is 10.5. The van der Waals surface area contributed by atoms with E-state index >= 15 is 0 Å². The number of hydrogen-bond donors (Lipinski definition) is 1. The summed E-state index contributed by atoms with van der Waals surface area (Å²) < 4.78 is 0. The second-order valence-electron chi connectivity index (χ2n) is 5.30. The van der Waals surface area contributed by atoms with E-state index in [0.29, 0.717) is 0 Å². The summed E-state index contributed by atoms with van der Waals surface area (Å²) in [7, 11) is 2.04. The van der Waals surface area contributed by atoms with E-state index in [0.717, 1.165) is 36.6 Å². The predicted octanol–water partition coefficient (Wildman–Crippen LogP) is 2.92. The fourth-order valence-electron chi connectivity index (χ4n) is 2.90. The highest BCUT2D eigenvalue weighted by molar-refractivity contribution is 4.92. The van der Waals surface area contributed by atoms with Crippen LogP contribution < -0.4 is 5.32 Å². The van der Waals surface area contributed by atoms with Gasteiger partial charge in [0.2, 0.25) is 0 Å². The lowest BCUT2D eigenvalue weighted by atomic mass is 9.69. The SMILES string of the molecule is C#CCC1CC(C(C)C)CCC1CNC. The van der Waals surface area contributed by atoms with Crippen LogP contribution in [0, 0.1) is 36.0 Å². The quantitative estimate of drug-likeness (QED) is 0.699. The van der Waals surface area contributed by atoms with Crippen molar-refractivity contribution in [3.05, 3.63) is 0 Å². The third-order valence-corrected chi connectivity index (χ3v) is 3.97. The first-order chi connectivity index (χ1) is 7.19. The normalized spacial score (nSPS) is 31.5. The minimum absolute atomic E-state index is 0.753. The summed E-state index contributed by atoms with van der Waals surface area (Å²) in [5.74, 6) is 6.14. The van der Waals surface area contributed by atoms with Gasteiger partial charge in [-0.15, -0.1) is 12.3 Å². The summed E-state index contributed by atoms with van der Waals surface area (Å²) >= 11 is 0. The van der Waals surface area contributed by atoms with Crippen LogP contribution in [0.3, 0.4) is 0 Å². The molecule has 1 fully saturated rings. The number of nitrogens with one attached hydrogen (secondary N) is 1. The molecule has 86 valence electrons. The first-order valence-corrected chi connectivity index (χ1v) is 6.27. The molecule has 0 aromatic rings. The van der Waals surface area contributed by atoms with Crippen LogP contribution in [0.1, 0.15) is 39.5 Å². The first-order valence-electron chi connectivity index (χ1n) is 6.27. The lowest BCUT2D eigenvalue weighted by Gasteiger charge is -2.37. The minimum atomic E-state index is 0.753. The fourth-order valence-corrected chi connectivity index (χ4v) is 2.90. The van der Waals surface area contributed by atoms with Gasteiger partial charge < -0.3 is 5.32 Å². The van der Waals surface area contributed by atoms with Crippen LogP contribution in [0.5, 0.6) is 0 Å². The summed E-state index contributed by atoms with van der Waals surface area (Å²) in [5, 5.41) is 3.30. The Labute approximate surface area is 95.0 Å². The molecule has 1 heteroatoms. The van der Waals surface area contributed by atoms with E-state index in [1.807, 2.05) is 7.05 Å². The zero-order valence-corrected chi connectivity index (χ0v) is 10.4. The molecule has 1 saturated carbocycles. The van der Waals surface area contributed by atoms with Crippen molar-refractivity contribution in [2.24, 2.45) is 23.7 Å². The summed E-state index contributed by atoms with van der Waals surface area (Å²) in [5.41, 5.74) is 0. The van der Waals surface area contributed by atoms with Gasteiger partial charge in [-0.3, -0.25) is 0 Å². The Morgan fingerprint density at radius 2 is 2.07 bits per heavy atom. The van der Waals surface area contributed by atoms with Crippen LogP contribution >= 0.6 is 0 Å². The molecule has 0 bridgehead atoms. The average molecular weight is 207 g/mol. The van der Waals surface area contributed by atoms with Gasteiger partial charge in [-0.25, -0.2) is 0 Å². The summed E-state index contributed by atoms with van der Waals surface area (Å²) in [6, 6.07) is 0. The molecule has 3 atom stereocenters. The van der Waals surface area contributed by atoms with Gasteiger partial charge >= 0.3 is 0 Å². The molecule has 1 nitrogen and oxygen atoms in total. The van der Waals surface area contributed by atoms with Crippen molar-refractivity contribution in [3.63, 3.8) is 0 Å². The smallest absolute Gasteiger partial charge is 0.0118 e. The van der Waals surface area contributed by atoms with Crippen molar-refractivity contribution in [1.29, 1.82) is 0 Å². The van der Waals surface area contributed by atoms with Crippen molar-refractivity contribution in [2.75, 3.05) is 13.6 Å². The molecule has 0 aromatic heterocycles. The Bertz CT molecular complexity index is 214. The largest absolute Gasteiger partial charge is 0.319 e. The number of hydrogen-bond acceptors (Lipinski definition) is 1. The molecular formula is C14H25N. The van der Waals surface area contributed by atoms with E-state index in [4.69, 9.17) is 6.42 Å². The maximum Gasteiger partial charge on any atom is 0.0118 e. The Balaban J connectivity index is 2.53. The van der Waals surface area contributed by atoms with Gasteiger partial charge in [0.25, 0.3) is 0 Å². The van der Waals surface area contributed by atoms with Crippen LogP contribution in [0.4, 0.5) is 0 Å². The van der Waals surface area contributed by atoms with Crippen molar-refractivity contribution in [2.45, 2.75) is 39.5 Å².